The molecule has 0 aliphatic carbocycles. The number of hydrogen-bond donors (Lipinski definition) is 0. The van der Waals surface area contributed by atoms with E-state index in [9.17, 15) is 4.79 Å². The molecular formula is C17H21N5O2S. The highest BCUT2D eigenvalue weighted by Crippen LogP contribution is 2.32. The molecule has 8 heteroatoms. The van der Waals surface area contributed by atoms with E-state index in [-0.39, 0.29) is 17.2 Å². The van der Waals surface area contributed by atoms with Crippen LogP contribution in [0.15, 0.2) is 24.4 Å². The van der Waals surface area contributed by atoms with Crippen molar-refractivity contribution >= 4 is 17.7 Å². The average molecular weight is 359 g/mol. The Labute approximate surface area is 150 Å². The van der Waals surface area contributed by atoms with E-state index in [1.165, 1.54) is 0 Å². The monoisotopic (exact) mass is 359 g/mol. The average Bonchev–Trinajstić information content (AvgIpc) is 3.31. The Hall–Kier alpha value is -2.09. The van der Waals surface area contributed by atoms with Crippen molar-refractivity contribution in [2.45, 2.75) is 44.2 Å². The lowest BCUT2D eigenvalue weighted by Gasteiger charge is -2.35. The van der Waals surface area contributed by atoms with Crippen molar-refractivity contribution in [1.82, 2.24) is 24.6 Å². The first-order chi connectivity index (χ1) is 12.2. The third-order valence-electron chi connectivity index (χ3n) is 4.74. The van der Waals surface area contributed by atoms with E-state index < -0.39 is 0 Å². The number of ether oxygens (including phenoxy) is 1. The molecule has 0 bridgehead atoms. The van der Waals surface area contributed by atoms with Gasteiger partial charge in [0.15, 0.2) is 11.6 Å². The second kappa shape index (κ2) is 7.03. The van der Waals surface area contributed by atoms with E-state index in [4.69, 9.17) is 4.74 Å². The maximum absolute atomic E-state index is 12.8. The van der Waals surface area contributed by atoms with E-state index in [0.29, 0.717) is 25.6 Å². The van der Waals surface area contributed by atoms with Gasteiger partial charge in [-0.3, -0.25) is 4.79 Å². The van der Waals surface area contributed by atoms with Crippen LogP contribution in [0.1, 0.15) is 37.5 Å². The molecule has 0 spiro atoms. The Morgan fingerprint density at radius 1 is 1.36 bits per heavy atom. The second-order valence-corrected chi connectivity index (χ2v) is 7.60. The normalized spacial score (nSPS) is 22.7. The molecule has 4 heterocycles. The molecule has 0 N–H and O–H groups in total. The van der Waals surface area contributed by atoms with Crippen LogP contribution < -0.4 is 4.74 Å². The van der Waals surface area contributed by atoms with Crippen molar-refractivity contribution in [3.63, 3.8) is 0 Å². The van der Waals surface area contributed by atoms with Gasteiger partial charge in [-0.15, -0.1) is 22.0 Å². The standard InChI is InChI=1S/C17H21N5O2S/c1-12-16-20-19-14(11-24-15-6-2-3-7-18-15)22(16)9-8-21(12)17(23)13-5-4-10-25-13/h2-3,6-7,12-13H,4-5,8-11H2,1H3/t12-,13-/m0/s1. The van der Waals surface area contributed by atoms with Crippen LogP contribution in [0.4, 0.5) is 0 Å². The number of carbonyl (C=O) groups is 1. The van der Waals surface area contributed by atoms with Crippen molar-refractivity contribution in [2.24, 2.45) is 0 Å². The first kappa shape index (κ1) is 16.4. The molecule has 2 aliphatic rings. The number of thioether (sulfide) groups is 1. The fourth-order valence-corrected chi connectivity index (χ4v) is 4.61. The third-order valence-corrected chi connectivity index (χ3v) is 6.10. The van der Waals surface area contributed by atoms with Gasteiger partial charge in [-0.25, -0.2) is 4.98 Å². The first-order valence-corrected chi connectivity index (χ1v) is 9.67. The predicted molar refractivity (Wildman–Crippen MR) is 94.2 cm³/mol. The lowest BCUT2D eigenvalue weighted by atomic mass is 10.1. The molecule has 0 radical (unpaired) electrons. The van der Waals surface area contributed by atoms with Gasteiger partial charge in [-0.2, -0.15) is 0 Å². The maximum Gasteiger partial charge on any atom is 0.236 e. The minimum Gasteiger partial charge on any atom is -0.469 e. The molecule has 1 fully saturated rings. The van der Waals surface area contributed by atoms with Crippen LogP contribution in [0.25, 0.3) is 0 Å². The van der Waals surface area contributed by atoms with Crippen LogP contribution >= 0.6 is 11.8 Å². The molecule has 4 rings (SSSR count). The lowest BCUT2D eigenvalue weighted by molar-refractivity contribution is -0.134. The van der Waals surface area contributed by atoms with Gasteiger partial charge in [0, 0.05) is 25.4 Å². The number of carbonyl (C=O) groups excluding carboxylic acids is 1. The van der Waals surface area contributed by atoms with Crippen molar-refractivity contribution in [3.8, 4) is 5.88 Å². The van der Waals surface area contributed by atoms with E-state index in [2.05, 4.69) is 19.7 Å². The summed E-state index contributed by atoms with van der Waals surface area (Å²) in [6, 6.07) is 5.49. The van der Waals surface area contributed by atoms with E-state index >= 15 is 0 Å². The summed E-state index contributed by atoms with van der Waals surface area (Å²) in [7, 11) is 0. The van der Waals surface area contributed by atoms with Gasteiger partial charge in [0.1, 0.15) is 6.61 Å². The summed E-state index contributed by atoms with van der Waals surface area (Å²) in [4.78, 5) is 18.9. The van der Waals surface area contributed by atoms with Crippen LogP contribution in [-0.2, 0) is 17.9 Å². The minimum absolute atomic E-state index is 0.0569. The third kappa shape index (κ3) is 3.22. The SMILES string of the molecule is C[C@H]1c2nnc(COc3ccccn3)n2CCN1C(=O)[C@@H]1CCCS1. The van der Waals surface area contributed by atoms with Crippen LogP contribution in [0.5, 0.6) is 5.88 Å². The van der Waals surface area contributed by atoms with Crippen molar-refractivity contribution < 1.29 is 9.53 Å². The maximum atomic E-state index is 12.8. The highest BCUT2D eigenvalue weighted by molar-refractivity contribution is 8.00. The van der Waals surface area contributed by atoms with Gasteiger partial charge in [-0.1, -0.05) is 6.07 Å². The molecule has 0 aromatic carbocycles. The second-order valence-electron chi connectivity index (χ2n) is 6.29. The van der Waals surface area contributed by atoms with Gasteiger partial charge in [-0.05, 0) is 31.6 Å². The summed E-state index contributed by atoms with van der Waals surface area (Å²) in [5.74, 6) is 3.51. The van der Waals surface area contributed by atoms with Gasteiger partial charge in [0.2, 0.25) is 11.8 Å². The summed E-state index contributed by atoms with van der Waals surface area (Å²) in [5.41, 5.74) is 0. The van der Waals surface area contributed by atoms with Crippen molar-refractivity contribution in [1.29, 1.82) is 0 Å². The van der Waals surface area contributed by atoms with Gasteiger partial charge in [0.05, 0.1) is 11.3 Å². The van der Waals surface area contributed by atoms with Gasteiger partial charge in [0.25, 0.3) is 0 Å². The number of hydrogen-bond acceptors (Lipinski definition) is 6. The number of rotatable bonds is 4. The van der Waals surface area contributed by atoms with Crippen LogP contribution in [0, 0.1) is 0 Å². The number of amides is 1. The molecular weight excluding hydrogens is 338 g/mol. The van der Waals surface area contributed by atoms with Crippen LogP contribution in [-0.4, -0.2) is 48.1 Å². The molecule has 1 saturated heterocycles. The molecule has 1 amide bonds. The molecule has 2 atom stereocenters. The minimum atomic E-state index is -0.0569. The molecule has 0 saturated carbocycles. The molecule has 2 aromatic rings. The Balaban J connectivity index is 1.46. The first-order valence-electron chi connectivity index (χ1n) is 8.62. The zero-order valence-corrected chi connectivity index (χ0v) is 15.0. The zero-order valence-electron chi connectivity index (χ0n) is 14.2. The number of aromatic nitrogens is 4. The Bertz CT molecular complexity index is 745. The van der Waals surface area contributed by atoms with E-state index in [1.54, 1.807) is 18.0 Å². The Kier molecular flexibility index (Phi) is 4.61. The lowest BCUT2D eigenvalue weighted by Crippen LogP contribution is -2.44. The van der Waals surface area contributed by atoms with Crippen LogP contribution in [0.3, 0.4) is 0 Å². The summed E-state index contributed by atoms with van der Waals surface area (Å²) in [6.45, 7) is 3.75. The van der Waals surface area contributed by atoms with Crippen LogP contribution in [0.2, 0.25) is 0 Å². The highest BCUT2D eigenvalue weighted by Gasteiger charge is 2.35. The quantitative estimate of drug-likeness (QED) is 0.832. The van der Waals surface area contributed by atoms with Gasteiger partial charge < -0.3 is 14.2 Å². The number of pyridine rings is 1. The molecule has 7 nitrogen and oxygen atoms in total. The molecule has 132 valence electrons. The van der Waals surface area contributed by atoms with Gasteiger partial charge >= 0.3 is 0 Å². The zero-order chi connectivity index (χ0) is 17.2. The van der Waals surface area contributed by atoms with E-state index in [0.717, 1.165) is 30.2 Å². The fourth-order valence-electron chi connectivity index (χ4n) is 3.38. The van der Waals surface area contributed by atoms with Crippen molar-refractivity contribution in [2.75, 3.05) is 12.3 Å². The smallest absolute Gasteiger partial charge is 0.236 e. The predicted octanol–water partition coefficient (Wildman–Crippen LogP) is 2.05. The van der Waals surface area contributed by atoms with E-state index in [1.807, 2.05) is 30.0 Å². The summed E-state index contributed by atoms with van der Waals surface area (Å²) in [6.07, 6.45) is 3.82. The number of fused-ring (bicyclic) bond motifs is 1. The Morgan fingerprint density at radius 2 is 2.28 bits per heavy atom. The highest BCUT2D eigenvalue weighted by atomic mass is 32.2. The molecule has 25 heavy (non-hydrogen) atoms. The summed E-state index contributed by atoms with van der Waals surface area (Å²) < 4.78 is 7.76. The topological polar surface area (TPSA) is 73.1 Å². The van der Waals surface area contributed by atoms with Crippen molar-refractivity contribution in [3.05, 3.63) is 36.0 Å². The Morgan fingerprint density at radius 3 is 3.04 bits per heavy atom. The largest absolute Gasteiger partial charge is 0.469 e. The summed E-state index contributed by atoms with van der Waals surface area (Å²) in [5, 5.41) is 8.71. The molecule has 2 aliphatic heterocycles. The molecule has 0 unspecified atom stereocenters. The number of nitrogens with zero attached hydrogens (tertiary/aromatic N) is 5. The fraction of sp³-hybridized carbons (Fsp3) is 0.529. The summed E-state index contributed by atoms with van der Waals surface area (Å²) >= 11 is 1.78. The molecule has 2 aromatic heterocycles.